The lowest BCUT2D eigenvalue weighted by Crippen LogP contribution is -2.92. The van der Waals surface area contributed by atoms with Crippen LogP contribution in [0.2, 0.25) is 0 Å². The third kappa shape index (κ3) is 1.92. The summed E-state index contributed by atoms with van der Waals surface area (Å²) >= 11 is 0. The zero-order valence-electron chi connectivity index (χ0n) is 25.4. The van der Waals surface area contributed by atoms with Crippen molar-refractivity contribution >= 4 is 0 Å². The van der Waals surface area contributed by atoms with E-state index in [1.165, 1.54) is 0 Å². The predicted octanol–water partition coefficient (Wildman–Crippen LogP) is 5.47. The van der Waals surface area contributed by atoms with Crippen molar-refractivity contribution in [1.82, 2.24) is 5.32 Å². The van der Waals surface area contributed by atoms with Gasteiger partial charge in [-0.2, -0.15) is 0 Å². The van der Waals surface area contributed by atoms with E-state index >= 15 is 0 Å². The van der Waals surface area contributed by atoms with Gasteiger partial charge in [-0.3, -0.25) is 5.32 Å². The standard InChI is InChI=1S/C28H59N4/c1-21(2)23(5,6)30(17)20-31(18,24(7,8)22(3,4)29-21)26(11,12)28(15,16)32(20,19)27(13,14)25(30,9)10/h20,29H,1-19H3/q+3/t20?,30-,31+,32?. The summed E-state index contributed by atoms with van der Waals surface area (Å²) in [6.07, 6.45) is 0.399. The topological polar surface area (TPSA) is 12.0 Å². The minimum absolute atomic E-state index is 0.0156. The van der Waals surface area contributed by atoms with Crippen LogP contribution in [0.15, 0.2) is 0 Å². The molecule has 3 saturated heterocycles. The predicted molar refractivity (Wildman–Crippen MR) is 138 cm³/mol. The molecule has 4 atom stereocenters. The van der Waals surface area contributed by atoms with E-state index in [4.69, 9.17) is 0 Å². The highest BCUT2D eigenvalue weighted by atomic mass is 15.9. The molecule has 0 spiro atoms. The molecule has 0 aromatic rings. The molecule has 32 heavy (non-hydrogen) atoms. The lowest BCUT2D eigenvalue weighted by Gasteiger charge is -2.68. The minimum atomic E-state index is -0.0623. The second kappa shape index (κ2) is 5.63. The fourth-order valence-corrected chi connectivity index (χ4v) is 9.74. The van der Waals surface area contributed by atoms with Crippen LogP contribution < -0.4 is 5.32 Å². The number of quaternary nitrogens is 3. The number of nitrogens with zero attached hydrogens (tertiary/aromatic N) is 3. The van der Waals surface area contributed by atoms with E-state index in [1.54, 1.807) is 0 Å². The van der Waals surface area contributed by atoms with Gasteiger partial charge in [-0.1, -0.05) is 0 Å². The van der Waals surface area contributed by atoms with E-state index < -0.39 is 0 Å². The van der Waals surface area contributed by atoms with E-state index in [1.807, 2.05) is 0 Å². The van der Waals surface area contributed by atoms with Gasteiger partial charge in [-0.05, 0) is 111 Å². The maximum Gasteiger partial charge on any atom is 0.346 e. The number of hydrogen-bond acceptors (Lipinski definition) is 1. The molecule has 2 unspecified atom stereocenters. The van der Waals surface area contributed by atoms with Crippen LogP contribution >= 0.6 is 0 Å². The van der Waals surface area contributed by atoms with Crippen molar-refractivity contribution in [2.45, 2.75) is 161 Å². The smallest absolute Gasteiger partial charge is 0.296 e. The molecular weight excluding hydrogens is 392 g/mol. The molecule has 0 saturated carbocycles. The molecule has 3 fully saturated rings. The second-order valence-electron chi connectivity index (χ2n) is 16.3. The number of nitrogens with one attached hydrogen (secondary N) is 1. The van der Waals surface area contributed by atoms with E-state index in [2.05, 4.69) is 137 Å². The average Bonchev–Trinajstić information content (AvgIpc) is 2.73. The first-order valence-electron chi connectivity index (χ1n) is 13.0. The van der Waals surface area contributed by atoms with Crippen molar-refractivity contribution < 1.29 is 13.4 Å². The van der Waals surface area contributed by atoms with Crippen LogP contribution in [0.5, 0.6) is 0 Å². The van der Waals surface area contributed by atoms with Crippen LogP contribution in [0.3, 0.4) is 0 Å². The SMILES string of the molecule is CC1(C)NC(C)(C)C(C)(C)[N@@+]2(C)C3[N+](C)(C(C)(C)C(C)(C)[N@+]3(C)C1(C)C)C(C)(C)C2(C)C. The fraction of sp³-hybridized carbons (Fsp3) is 1.00. The van der Waals surface area contributed by atoms with Gasteiger partial charge in [0.1, 0.15) is 11.1 Å². The zero-order chi connectivity index (χ0) is 25.8. The van der Waals surface area contributed by atoms with Gasteiger partial charge in [0, 0.05) is 0 Å². The lowest BCUT2D eigenvalue weighted by molar-refractivity contribution is -1.26. The van der Waals surface area contributed by atoms with Crippen LogP contribution in [0.4, 0.5) is 0 Å². The van der Waals surface area contributed by atoms with E-state index in [9.17, 15) is 0 Å². The molecule has 0 bridgehead atoms. The summed E-state index contributed by atoms with van der Waals surface area (Å²) < 4.78 is 3.14. The Balaban J connectivity index is 2.69. The molecule has 3 aliphatic rings. The second-order valence-corrected chi connectivity index (χ2v) is 16.3. The first-order valence-corrected chi connectivity index (χ1v) is 13.0. The van der Waals surface area contributed by atoms with Crippen molar-refractivity contribution in [2.24, 2.45) is 0 Å². The Hall–Kier alpha value is -0.160. The van der Waals surface area contributed by atoms with E-state index in [0.717, 1.165) is 13.4 Å². The highest BCUT2D eigenvalue weighted by Gasteiger charge is 2.96. The molecule has 4 heteroatoms. The molecule has 1 N–H and O–H groups in total. The highest BCUT2D eigenvalue weighted by Crippen LogP contribution is 2.72. The summed E-state index contributed by atoms with van der Waals surface area (Å²) in [6, 6.07) is 0. The third-order valence-electron chi connectivity index (χ3n) is 15.0. The van der Waals surface area contributed by atoms with Crippen molar-refractivity contribution in [2.75, 3.05) is 21.1 Å². The first kappa shape index (κ1) is 26.4. The maximum absolute atomic E-state index is 4.27. The minimum Gasteiger partial charge on any atom is -0.296 e. The molecule has 0 aromatic heterocycles. The van der Waals surface area contributed by atoms with Gasteiger partial charge in [0.2, 0.25) is 0 Å². The van der Waals surface area contributed by atoms with E-state index in [-0.39, 0.29) is 44.3 Å². The largest absolute Gasteiger partial charge is 0.346 e. The molecule has 0 aromatic carbocycles. The third-order valence-corrected chi connectivity index (χ3v) is 15.0. The van der Waals surface area contributed by atoms with Crippen LogP contribution in [0.1, 0.15) is 111 Å². The first-order chi connectivity index (χ1) is 13.6. The molecular formula is C28H59N4+3. The van der Waals surface area contributed by atoms with Crippen molar-refractivity contribution in [1.29, 1.82) is 0 Å². The maximum atomic E-state index is 4.27. The number of likely N-dealkylation sites (N-methyl/N-ethyl adjacent to an activating group) is 3. The Kier molecular flexibility index (Phi) is 4.65. The molecule has 0 aliphatic carbocycles. The molecule has 3 heterocycles. The van der Waals surface area contributed by atoms with Crippen LogP contribution in [-0.4, -0.2) is 85.2 Å². The van der Waals surface area contributed by atoms with Gasteiger partial charge in [-0.25, -0.2) is 13.4 Å². The van der Waals surface area contributed by atoms with Crippen LogP contribution in [-0.2, 0) is 0 Å². The summed E-state index contributed by atoms with van der Waals surface area (Å²) in [5.41, 5.74) is 0.0957. The zero-order valence-corrected chi connectivity index (χ0v) is 25.4. The molecule has 188 valence electrons. The van der Waals surface area contributed by atoms with Gasteiger partial charge in [0.25, 0.3) is 0 Å². The van der Waals surface area contributed by atoms with Gasteiger partial charge < -0.3 is 0 Å². The fourth-order valence-electron chi connectivity index (χ4n) is 9.74. The summed E-state index contributed by atoms with van der Waals surface area (Å²) in [4.78, 5) is 0. The summed E-state index contributed by atoms with van der Waals surface area (Å²) in [5.74, 6) is 0. The Labute approximate surface area is 201 Å². The summed E-state index contributed by atoms with van der Waals surface area (Å²) in [7, 11) is 7.84. The monoisotopic (exact) mass is 451 g/mol. The average molecular weight is 452 g/mol. The quantitative estimate of drug-likeness (QED) is 0.482. The summed E-state index contributed by atoms with van der Waals surface area (Å²) in [6.45, 7) is 40.6. The van der Waals surface area contributed by atoms with Crippen molar-refractivity contribution in [3.8, 4) is 0 Å². The molecule has 0 radical (unpaired) electrons. The Morgan fingerprint density at radius 1 is 0.375 bits per heavy atom. The normalized spacial score (nSPS) is 47.9. The number of rotatable bonds is 0. The number of hydrogen-bond donors (Lipinski definition) is 1. The van der Waals surface area contributed by atoms with Gasteiger partial charge in [-0.15, -0.1) is 0 Å². The molecule has 4 nitrogen and oxygen atoms in total. The molecule has 0 amide bonds. The van der Waals surface area contributed by atoms with Gasteiger partial charge in [0.05, 0.1) is 32.2 Å². The lowest BCUT2D eigenvalue weighted by atomic mass is 9.65. The van der Waals surface area contributed by atoms with Gasteiger partial charge in [0.15, 0.2) is 22.2 Å². The van der Waals surface area contributed by atoms with Crippen molar-refractivity contribution in [3.05, 3.63) is 0 Å². The van der Waals surface area contributed by atoms with E-state index in [0.29, 0.717) is 6.29 Å². The molecule has 3 aliphatic heterocycles. The molecule has 3 rings (SSSR count). The van der Waals surface area contributed by atoms with Crippen LogP contribution in [0, 0.1) is 0 Å². The Bertz CT molecular complexity index is 777. The summed E-state index contributed by atoms with van der Waals surface area (Å²) in [5, 5.41) is 4.27. The highest BCUT2D eigenvalue weighted by molar-refractivity contribution is 5.15. The van der Waals surface area contributed by atoms with Crippen molar-refractivity contribution in [3.63, 3.8) is 0 Å². The van der Waals surface area contributed by atoms with Gasteiger partial charge >= 0.3 is 6.29 Å². The Morgan fingerprint density at radius 2 is 0.562 bits per heavy atom. The Morgan fingerprint density at radius 3 is 0.781 bits per heavy atom. The van der Waals surface area contributed by atoms with Crippen LogP contribution in [0.25, 0.3) is 0 Å².